The van der Waals surface area contributed by atoms with Crippen molar-refractivity contribution >= 4 is 39.5 Å². The van der Waals surface area contributed by atoms with Crippen molar-refractivity contribution in [1.29, 1.82) is 0 Å². The molecule has 0 aromatic heterocycles. The zero-order valence-electron chi connectivity index (χ0n) is 59.1. The number of rotatable bonds is 71. The lowest BCUT2D eigenvalue weighted by Gasteiger charge is -2.21. The molecule has 3 N–H and O–H groups in total. The second-order valence-corrected chi connectivity index (χ2v) is 29.6. The molecule has 0 aromatic rings. The Kier molecular flexibility index (Phi) is 62.7. The van der Waals surface area contributed by atoms with Crippen LogP contribution in [0.5, 0.6) is 0 Å². The molecular weight excluding hydrogens is 1200 g/mol. The summed E-state index contributed by atoms with van der Waals surface area (Å²) in [5, 5.41) is 10.6. The van der Waals surface area contributed by atoms with Gasteiger partial charge < -0.3 is 33.8 Å². The van der Waals surface area contributed by atoms with Gasteiger partial charge in [0.05, 0.1) is 26.4 Å². The van der Waals surface area contributed by atoms with Gasteiger partial charge in [-0.3, -0.25) is 37.3 Å². The molecule has 0 aliphatic rings. The van der Waals surface area contributed by atoms with Crippen LogP contribution in [0.2, 0.25) is 0 Å². The molecule has 0 fully saturated rings. The predicted octanol–water partition coefficient (Wildman–Crippen LogP) is 20.8. The number of unbranched alkanes of at least 4 members (excludes halogenated alkanes) is 40. The van der Waals surface area contributed by atoms with E-state index in [4.69, 9.17) is 37.0 Å². The van der Waals surface area contributed by atoms with E-state index in [1.54, 1.807) is 0 Å². The van der Waals surface area contributed by atoms with Crippen LogP contribution in [0.25, 0.3) is 0 Å². The van der Waals surface area contributed by atoms with Crippen molar-refractivity contribution in [2.24, 2.45) is 11.8 Å². The second kappa shape index (κ2) is 64.1. The molecular formula is C72H140O17P2. The highest BCUT2D eigenvalue weighted by atomic mass is 31.2. The molecule has 0 aliphatic carbocycles. The Balaban J connectivity index is 5.20. The fourth-order valence-corrected chi connectivity index (χ4v) is 12.5. The minimum absolute atomic E-state index is 0.104. The quantitative estimate of drug-likeness (QED) is 0.0222. The fourth-order valence-electron chi connectivity index (χ4n) is 10.9. The molecule has 91 heavy (non-hydrogen) atoms. The summed E-state index contributed by atoms with van der Waals surface area (Å²) in [5.74, 6) is -0.562. The molecule has 0 spiro atoms. The highest BCUT2D eigenvalue weighted by Gasteiger charge is 2.30. The lowest BCUT2D eigenvalue weighted by molar-refractivity contribution is -0.161. The summed E-state index contributed by atoms with van der Waals surface area (Å²) >= 11 is 0. The first-order valence-electron chi connectivity index (χ1n) is 37.5. The van der Waals surface area contributed by atoms with Gasteiger partial charge >= 0.3 is 39.5 Å². The third-order valence-corrected chi connectivity index (χ3v) is 19.0. The topological polar surface area (TPSA) is 237 Å². The van der Waals surface area contributed by atoms with Crippen LogP contribution in [0, 0.1) is 11.8 Å². The van der Waals surface area contributed by atoms with Crippen LogP contribution in [-0.4, -0.2) is 96.7 Å². The normalized spacial score (nSPS) is 14.4. The van der Waals surface area contributed by atoms with E-state index in [1.807, 2.05) is 0 Å². The average Bonchev–Trinajstić information content (AvgIpc) is 3.67. The molecule has 0 rings (SSSR count). The molecule has 0 amide bonds. The van der Waals surface area contributed by atoms with Crippen LogP contribution in [-0.2, 0) is 65.4 Å². The van der Waals surface area contributed by atoms with Crippen LogP contribution in [0.1, 0.15) is 369 Å². The lowest BCUT2D eigenvalue weighted by atomic mass is 9.99. The number of esters is 4. The van der Waals surface area contributed by atoms with E-state index in [9.17, 15) is 43.2 Å². The molecule has 0 radical (unpaired) electrons. The highest BCUT2D eigenvalue weighted by molar-refractivity contribution is 7.47. The zero-order chi connectivity index (χ0) is 67.2. The van der Waals surface area contributed by atoms with Crippen molar-refractivity contribution in [1.82, 2.24) is 0 Å². The Morgan fingerprint density at radius 2 is 0.560 bits per heavy atom. The number of phosphoric ester groups is 2. The van der Waals surface area contributed by atoms with Crippen LogP contribution >= 0.6 is 15.6 Å². The molecule has 0 saturated carbocycles. The predicted molar refractivity (Wildman–Crippen MR) is 368 cm³/mol. The summed E-state index contributed by atoms with van der Waals surface area (Å²) in [5.41, 5.74) is 0. The van der Waals surface area contributed by atoms with Crippen LogP contribution in [0.3, 0.4) is 0 Å². The van der Waals surface area contributed by atoms with Gasteiger partial charge in [0.2, 0.25) is 0 Å². The second-order valence-electron chi connectivity index (χ2n) is 26.7. The van der Waals surface area contributed by atoms with Gasteiger partial charge in [-0.2, -0.15) is 0 Å². The highest BCUT2D eigenvalue weighted by Crippen LogP contribution is 2.45. The first kappa shape index (κ1) is 89.1. The van der Waals surface area contributed by atoms with Crippen molar-refractivity contribution in [3.05, 3.63) is 0 Å². The van der Waals surface area contributed by atoms with Gasteiger partial charge in [0.25, 0.3) is 0 Å². The first-order chi connectivity index (χ1) is 43.9. The fraction of sp³-hybridized carbons (Fsp3) is 0.944. The standard InChI is InChI=1S/C72H140O17P2/c1-7-10-12-14-16-17-18-19-20-24-27-30-37-43-49-55-70(75)83-61-68(88-71(76)56-50-44-38-31-28-25-22-21-23-26-29-36-41-47-53-65(6)9-3)63-87-91(80,81)85-59-66(73)58-84-90(78,79)86-62-67(60-82-69(74)54-48-42-34-15-13-11-8-2)89-72(77)57-51-45-39-33-32-35-40-46-52-64(4)5/h64-68,73H,7-63H2,1-6H3,(H,78,79)(H,80,81)/t65?,66-,67+,68+/m0/s1. The van der Waals surface area contributed by atoms with Crippen LogP contribution < -0.4 is 0 Å². The maximum Gasteiger partial charge on any atom is 0.472 e. The Bertz CT molecular complexity index is 1770. The summed E-state index contributed by atoms with van der Waals surface area (Å²) in [6.45, 7) is 9.54. The van der Waals surface area contributed by atoms with E-state index in [2.05, 4.69) is 41.5 Å². The van der Waals surface area contributed by atoms with E-state index in [0.717, 1.165) is 115 Å². The van der Waals surface area contributed by atoms with Crippen molar-refractivity contribution in [3.63, 3.8) is 0 Å². The first-order valence-corrected chi connectivity index (χ1v) is 40.5. The number of aliphatic hydroxyl groups excluding tert-OH is 1. The van der Waals surface area contributed by atoms with Gasteiger partial charge in [-0.05, 0) is 37.5 Å². The summed E-state index contributed by atoms with van der Waals surface area (Å²) in [4.78, 5) is 72.5. The molecule has 17 nitrogen and oxygen atoms in total. The molecule has 19 heteroatoms. The molecule has 0 aromatic carbocycles. The molecule has 0 heterocycles. The minimum atomic E-state index is -4.95. The SMILES string of the molecule is CCCCCCCCCCCCCCCCCC(=O)OC[C@H](COP(=O)(O)OC[C@@H](O)COP(=O)(O)OC[C@@H](COC(=O)CCCCCCCCC)OC(=O)CCCCCCCCCCC(C)C)OC(=O)CCCCCCCCCCCCCCCCC(C)CC. The number of hydrogen-bond donors (Lipinski definition) is 3. The van der Waals surface area contributed by atoms with E-state index >= 15 is 0 Å². The van der Waals surface area contributed by atoms with E-state index in [0.29, 0.717) is 25.7 Å². The molecule has 0 aliphatic heterocycles. The molecule has 540 valence electrons. The van der Waals surface area contributed by atoms with E-state index in [-0.39, 0.29) is 25.7 Å². The maximum atomic E-state index is 13.0. The summed E-state index contributed by atoms with van der Waals surface area (Å²) in [7, 11) is -9.90. The van der Waals surface area contributed by atoms with Gasteiger partial charge in [0.1, 0.15) is 19.3 Å². The molecule has 0 bridgehead atoms. The number of carbonyl (C=O) groups is 4. The number of hydrogen-bond acceptors (Lipinski definition) is 15. The maximum absolute atomic E-state index is 13.0. The number of aliphatic hydroxyl groups is 1. The molecule has 3 unspecified atom stereocenters. The third kappa shape index (κ3) is 65.1. The van der Waals surface area contributed by atoms with Crippen molar-refractivity contribution in [3.8, 4) is 0 Å². The van der Waals surface area contributed by atoms with Crippen LogP contribution in [0.4, 0.5) is 0 Å². The molecule has 6 atom stereocenters. The summed E-state index contributed by atoms with van der Waals surface area (Å²) in [6, 6.07) is 0. The van der Waals surface area contributed by atoms with Gasteiger partial charge in [0, 0.05) is 25.7 Å². The summed E-state index contributed by atoms with van der Waals surface area (Å²) in [6.07, 6.45) is 50.1. The van der Waals surface area contributed by atoms with Gasteiger partial charge in [-0.15, -0.1) is 0 Å². The lowest BCUT2D eigenvalue weighted by Crippen LogP contribution is -2.30. The third-order valence-electron chi connectivity index (χ3n) is 17.1. The van der Waals surface area contributed by atoms with Crippen molar-refractivity contribution < 1.29 is 80.2 Å². The Morgan fingerprint density at radius 1 is 0.319 bits per heavy atom. The van der Waals surface area contributed by atoms with E-state index < -0.39 is 97.5 Å². The largest absolute Gasteiger partial charge is 0.472 e. The smallest absolute Gasteiger partial charge is 0.462 e. The van der Waals surface area contributed by atoms with Crippen molar-refractivity contribution in [2.45, 2.75) is 387 Å². The summed E-state index contributed by atoms with van der Waals surface area (Å²) < 4.78 is 68.3. The minimum Gasteiger partial charge on any atom is -0.462 e. The Labute approximate surface area is 556 Å². The number of carbonyl (C=O) groups excluding carboxylic acids is 4. The Hall–Kier alpha value is -1.94. The zero-order valence-corrected chi connectivity index (χ0v) is 60.9. The van der Waals surface area contributed by atoms with Crippen LogP contribution in [0.15, 0.2) is 0 Å². The van der Waals surface area contributed by atoms with Crippen molar-refractivity contribution in [2.75, 3.05) is 39.6 Å². The average molecular weight is 1340 g/mol. The van der Waals surface area contributed by atoms with E-state index in [1.165, 1.54) is 173 Å². The number of phosphoric acid groups is 2. The monoisotopic (exact) mass is 1340 g/mol. The molecule has 0 saturated heterocycles. The van der Waals surface area contributed by atoms with Gasteiger partial charge in [-0.1, -0.05) is 318 Å². The number of ether oxygens (including phenoxy) is 4. The Morgan fingerprint density at radius 3 is 0.835 bits per heavy atom. The van der Waals surface area contributed by atoms with Gasteiger partial charge in [0.15, 0.2) is 12.2 Å². The van der Waals surface area contributed by atoms with Gasteiger partial charge in [-0.25, -0.2) is 9.13 Å².